The van der Waals surface area contributed by atoms with Crippen molar-refractivity contribution >= 4 is 40.2 Å². The normalized spacial score (nSPS) is 12.5. The monoisotopic (exact) mass is 289 g/mol. The predicted molar refractivity (Wildman–Crippen MR) is 72.8 cm³/mol. The molecule has 17 heavy (non-hydrogen) atoms. The van der Waals surface area contributed by atoms with Gasteiger partial charge in [0.05, 0.1) is 15.4 Å². The Kier molecular flexibility index (Phi) is 3.92. The van der Waals surface area contributed by atoms with Crippen molar-refractivity contribution in [2.75, 3.05) is 5.32 Å². The third-order valence-electron chi connectivity index (χ3n) is 2.32. The average molecular weight is 290 g/mol. The molecule has 1 nitrogen and oxygen atoms in total. The average Bonchev–Trinajstić information content (AvgIpc) is 2.70. The van der Waals surface area contributed by atoms with E-state index in [1.54, 1.807) is 6.07 Å². The Labute approximate surface area is 113 Å². The molecular formula is C12H10Cl2FNS. The summed E-state index contributed by atoms with van der Waals surface area (Å²) in [6, 6.07) is 8.55. The molecule has 0 spiro atoms. The molecule has 0 bridgehead atoms. The Morgan fingerprint density at radius 1 is 1.24 bits per heavy atom. The van der Waals surface area contributed by atoms with Crippen molar-refractivity contribution in [3.63, 3.8) is 0 Å². The number of halogens is 3. The quantitative estimate of drug-likeness (QED) is 0.801. The molecule has 0 saturated carbocycles. The van der Waals surface area contributed by atoms with Crippen LogP contribution in [-0.4, -0.2) is 0 Å². The molecule has 2 aromatic rings. The largest absolute Gasteiger partial charge is 0.378 e. The van der Waals surface area contributed by atoms with Gasteiger partial charge in [-0.05, 0) is 37.3 Å². The minimum atomic E-state index is -0.423. The highest BCUT2D eigenvalue weighted by atomic mass is 35.5. The van der Waals surface area contributed by atoms with Crippen molar-refractivity contribution in [1.82, 2.24) is 0 Å². The summed E-state index contributed by atoms with van der Waals surface area (Å²) in [5.74, 6) is -0.423. The summed E-state index contributed by atoms with van der Waals surface area (Å²) in [5, 5.41) is 3.32. The number of anilines is 1. The van der Waals surface area contributed by atoms with E-state index in [1.807, 2.05) is 19.1 Å². The van der Waals surface area contributed by atoms with E-state index < -0.39 is 5.82 Å². The van der Waals surface area contributed by atoms with Crippen molar-refractivity contribution in [3.05, 3.63) is 50.4 Å². The van der Waals surface area contributed by atoms with Crippen LogP contribution in [0.3, 0.4) is 0 Å². The minimum absolute atomic E-state index is 0.0769. The van der Waals surface area contributed by atoms with Crippen molar-refractivity contribution in [2.24, 2.45) is 0 Å². The second-order valence-corrected chi connectivity index (χ2v) is 5.79. The smallest absolute Gasteiger partial charge is 0.143 e. The van der Waals surface area contributed by atoms with Gasteiger partial charge in [-0.25, -0.2) is 4.39 Å². The van der Waals surface area contributed by atoms with E-state index in [9.17, 15) is 4.39 Å². The van der Waals surface area contributed by atoms with E-state index in [0.29, 0.717) is 5.69 Å². The Morgan fingerprint density at radius 3 is 2.59 bits per heavy atom. The van der Waals surface area contributed by atoms with E-state index in [1.165, 1.54) is 23.5 Å². The molecule has 5 heteroatoms. The van der Waals surface area contributed by atoms with Crippen molar-refractivity contribution in [1.29, 1.82) is 0 Å². The zero-order valence-corrected chi connectivity index (χ0v) is 11.3. The van der Waals surface area contributed by atoms with Gasteiger partial charge in [-0.1, -0.05) is 23.2 Å². The third kappa shape index (κ3) is 3.12. The van der Waals surface area contributed by atoms with Crippen LogP contribution in [-0.2, 0) is 0 Å². The Balaban J connectivity index is 2.12. The van der Waals surface area contributed by atoms with Gasteiger partial charge in [-0.2, -0.15) is 0 Å². The molecule has 2 rings (SSSR count). The standard InChI is InChI=1S/C12H10Cl2FNS/c1-7(11-4-5-12(14)17-11)16-8-2-3-9(13)10(15)6-8/h2-7,16H,1H3. The molecule has 1 aromatic carbocycles. The van der Waals surface area contributed by atoms with Crippen molar-refractivity contribution in [2.45, 2.75) is 13.0 Å². The minimum Gasteiger partial charge on any atom is -0.378 e. The molecule has 0 saturated heterocycles. The van der Waals surface area contributed by atoms with Crippen molar-refractivity contribution < 1.29 is 4.39 Å². The Bertz CT molecular complexity index is 527. The number of thiophene rings is 1. The molecule has 1 heterocycles. The van der Waals surface area contributed by atoms with Gasteiger partial charge in [0, 0.05) is 10.6 Å². The van der Waals surface area contributed by atoms with Crippen LogP contribution < -0.4 is 5.32 Å². The molecular weight excluding hydrogens is 280 g/mol. The summed E-state index contributed by atoms with van der Waals surface area (Å²) in [4.78, 5) is 1.10. The van der Waals surface area contributed by atoms with Crippen LogP contribution in [0, 0.1) is 5.82 Å². The summed E-state index contributed by atoms with van der Waals surface area (Å²) in [7, 11) is 0. The van der Waals surface area contributed by atoms with Crippen LogP contribution in [0.1, 0.15) is 17.8 Å². The Morgan fingerprint density at radius 2 is 2.00 bits per heavy atom. The first-order valence-corrected chi connectivity index (χ1v) is 6.60. The molecule has 0 aliphatic rings. The molecule has 0 aliphatic heterocycles. The Hall–Kier alpha value is -0.770. The van der Waals surface area contributed by atoms with Crippen LogP contribution in [0.25, 0.3) is 0 Å². The topological polar surface area (TPSA) is 12.0 Å². The lowest BCUT2D eigenvalue weighted by Crippen LogP contribution is -2.04. The molecule has 1 N–H and O–H groups in total. The SMILES string of the molecule is CC(Nc1ccc(Cl)c(F)c1)c1ccc(Cl)s1. The summed E-state index contributed by atoms with van der Waals surface area (Å²) in [6.07, 6.45) is 0. The molecule has 0 aliphatic carbocycles. The van der Waals surface area contributed by atoms with Gasteiger partial charge < -0.3 is 5.32 Å². The van der Waals surface area contributed by atoms with E-state index in [2.05, 4.69) is 5.32 Å². The molecule has 90 valence electrons. The molecule has 1 aromatic heterocycles. The van der Waals surface area contributed by atoms with E-state index in [4.69, 9.17) is 23.2 Å². The lowest BCUT2D eigenvalue weighted by Gasteiger charge is -2.13. The highest BCUT2D eigenvalue weighted by Gasteiger charge is 2.09. The lowest BCUT2D eigenvalue weighted by molar-refractivity contribution is 0.628. The summed E-state index contributed by atoms with van der Waals surface area (Å²) in [6.45, 7) is 1.99. The highest BCUT2D eigenvalue weighted by Crippen LogP contribution is 2.29. The van der Waals surface area contributed by atoms with Crippen LogP contribution in [0.15, 0.2) is 30.3 Å². The van der Waals surface area contributed by atoms with Gasteiger partial charge in [0.2, 0.25) is 0 Å². The maximum atomic E-state index is 13.2. The second-order valence-electron chi connectivity index (χ2n) is 3.64. The van der Waals surface area contributed by atoms with Gasteiger partial charge in [-0.3, -0.25) is 0 Å². The fraction of sp³-hybridized carbons (Fsp3) is 0.167. The van der Waals surface area contributed by atoms with Gasteiger partial charge in [-0.15, -0.1) is 11.3 Å². The first-order chi connectivity index (χ1) is 8.06. The third-order valence-corrected chi connectivity index (χ3v) is 4.04. The predicted octanol–water partition coefficient (Wildman–Crippen LogP) is 5.37. The first kappa shape index (κ1) is 12.7. The lowest BCUT2D eigenvalue weighted by atomic mass is 10.2. The summed E-state index contributed by atoms with van der Waals surface area (Å²) >= 11 is 13.0. The number of hydrogen-bond donors (Lipinski definition) is 1. The van der Waals surface area contributed by atoms with Crippen molar-refractivity contribution in [3.8, 4) is 0 Å². The van der Waals surface area contributed by atoms with Gasteiger partial charge in [0.15, 0.2) is 0 Å². The van der Waals surface area contributed by atoms with Gasteiger partial charge in [0.1, 0.15) is 5.82 Å². The number of rotatable bonds is 3. The second kappa shape index (κ2) is 5.25. The molecule has 1 atom stereocenters. The van der Waals surface area contributed by atoms with Gasteiger partial charge >= 0.3 is 0 Å². The first-order valence-electron chi connectivity index (χ1n) is 5.03. The summed E-state index contributed by atoms with van der Waals surface area (Å²) < 4.78 is 14.0. The zero-order chi connectivity index (χ0) is 12.4. The van der Waals surface area contributed by atoms with Crippen LogP contribution >= 0.6 is 34.5 Å². The maximum Gasteiger partial charge on any atom is 0.143 e. The highest BCUT2D eigenvalue weighted by molar-refractivity contribution is 7.16. The van der Waals surface area contributed by atoms with E-state index in [-0.39, 0.29) is 11.1 Å². The maximum absolute atomic E-state index is 13.2. The zero-order valence-electron chi connectivity index (χ0n) is 9.01. The van der Waals surface area contributed by atoms with Crippen LogP contribution in [0.2, 0.25) is 9.36 Å². The summed E-state index contributed by atoms with van der Waals surface area (Å²) in [5.41, 5.74) is 0.698. The van der Waals surface area contributed by atoms with Crippen LogP contribution in [0.4, 0.5) is 10.1 Å². The number of nitrogens with one attached hydrogen (secondary N) is 1. The fourth-order valence-corrected chi connectivity index (χ4v) is 2.65. The van der Waals surface area contributed by atoms with E-state index in [0.717, 1.165) is 9.21 Å². The molecule has 1 unspecified atom stereocenters. The van der Waals surface area contributed by atoms with E-state index >= 15 is 0 Å². The molecule has 0 amide bonds. The number of benzene rings is 1. The molecule has 0 radical (unpaired) electrons. The number of hydrogen-bond acceptors (Lipinski definition) is 2. The van der Waals surface area contributed by atoms with Crippen LogP contribution in [0.5, 0.6) is 0 Å². The van der Waals surface area contributed by atoms with Gasteiger partial charge in [0.25, 0.3) is 0 Å². The fourth-order valence-electron chi connectivity index (χ4n) is 1.47. The molecule has 0 fully saturated rings.